The van der Waals surface area contributed by atoms with Crippen molar-refractivity contribution in [2.75, 3.05) is 7.11 Å². The van der Waals surface area contributed by atoms with E-state index in [2.05, 4.69) is 36.2 Å². The molecule has 16 heavy (non-hydrogen) atoms. The number of benzene rings is 1. The van der Waals surface area contributed by atoms with Gasteiger partial charge in [-0.05, 0) is 23.6 Å². The molecule has 0 aliphatic heterocycles. The van der Waals surface area contributed by atoms with Gasteiger partial charge in [-0.1, -0.05) is 31.2 Å². The Morgan fingerprint density at radius 2 is 1.69 bits per heavy atom. The van der Waals surface area contributed by atoms with Crippen molar-refractivity contribution in [3.8, 4) is 17.0 Å². The first-order valence-electron chi connectivity index (χ1n) is 5.43. The smallest absolute Gasteiger partial charge is 0.212 e. The van der Waals surface area contributed by atoms with Gasteiger partial charge >= 0.3 is 0 Å². The number of hydrogen-bond acceptors (Lipinski definition) is 2. The van der Waals surface area contributed by atoms with Gasteiger partial charge in [-0.2, -0.15) is 0 Å². The van der Waals surface area contributed by atoms with E-state index in [1.54, 1.807) is 7.11 Å². The molecule has 2 aromatic rings. The molecule has 2 rings (SSSR count). The SMILES string of the molecule is CCc1ccc(-c2ccc(OC)nc2)cc1. The molecule has 0 bridgehead atoms. The van der Waals surface area contributed by atoms with Crippen LogP contribution in [0.5, 0.6) is 5.88 Å². The van der Waals surface area contributed by atoms with Crippen LogP contribution in [0.4, 0.5) is 0 Å². The first kappa shape index (κ1) is 10.7. The van der Waals surface area contributed by atoms with E-state index in [4.69, 9.17) is 4.74 Å². The van der Waals surface area contributed by atoms with Gasteiger partial charge in [0.05, 0.1) is 7.11 Å². The van der Waals surface area contributed by atoms with Crippen molar-refractivity contribution in [2.45, 2.75) is 13.3 Å². The van der Waals surface area contributed by atoms with Crippen LogP contribution in [-0.4, -0.2) is 12.1 Å². The van der Waals surface area contributed by atoms with Crippen LogP contribution in [0.25, 0.3) is 11.1 Å². The monoisotopic (exact) mass is 213 g/mol. The second-order valence-electron chi connectivity index (χ2n) is 3.64. The van der Waals surface area contributed by atoms with Crippen molar-refractivity contribution in [2.24, 2.45) is 0 Å². The molecular formula is C14H15NO. The highest BCUT2D eigenvalue weighted by molar-refractivity contribution is 5.62. The van der Waals surface area contributed by atoms with Crippen molar-refractivity contribution < 1.29 is 4.74 Å². The Morgan fingerprint density at radius 1 is 1.00 bits per heavy atom. The van der Waals surface area contributed by atoms with Crippen molar-refractivity contribution in [3.63, 3.8) is 0 Å². The maximum absolute atomic E-state index is 5.03. The molecule has 0 saturated heterocycles. The van der Waals surface area contributed by atoms with Crippen LogP contribution in [0.15, 0.2) is 42.6 Å². The molecule has 0 radical (unpaired) electrons. The van der Waals surface area contributed by atoms with Crippen molar-refractivity contribution in [1.82, 2.24) is 4.98 Å². The maximum Gasteiger partial charge on any atom is 0.212 e. The lowest BCUT2D eigenvalue weighted by molar-refractivity contribution is 0.398. The van der Waals surface area contributed by atoms with Crippen LogP contribution < -0.4 is 4.74 Å². The zero-order valence-corrected chi connectivity index (χ0v) is 9.60. The summed E-state index contributed by atoms with van der Waals surface area (Å²) in [6, 6.07) is 12.5. The lowest BCUT2D eigenvalue weighted by atomic mass is 10.0. The van der Waals surface area contributed by atoms with E-state index in [0.717, 1.165) is 12.0 Å². The van der Waals surface area contributed by atoms with Gasteiger partial charge in [0.1, 0.15) is 0 Å². The lowest BCUT2D eigenvalue weighted by Gasteiger charge is -2.03. The third kappa shape index (κ3) is 2.22. The molecule has 0 aliphatic carbocycles. The summed E-state index contributed by atoms with van der Waals surface area (Å²) in [5.74, 6) is 0.647. The zero-order valence-electron chi connectivity index (χ0n) is 9.60. The summed E-state index contributed by atoms with van der Waals surface area (Å²) in [6.45, 7) is 2.16. The third-order valence-corrected chi connectivity index (χ3v) is 2.64. The molecule has 0 spiro atoms. The molecule has 0 unspecified atom stereocenters. The van der Waals surface area contributed by atoms with Gasteiger partial charge in [-0.3, -0.25) is 0 Å². The fourth-order valence-corrected chi connectivity index (χ4v) is 1.60. The number of ether oxygens (including phenoxy) is 1. The van der Waals surface area contributed by atoms with Gasteiger partial charge in [-0.15, -0.1) is 0 Å². The summed E-state index contributed by atoms with van der Waals surface area (Å²) in [4.78, 5) is 4.19. The number of aryl methyl sites for hydroxylation is 1. The average molecular weight is 213 g/mol. The molecule has 0 amide bonds. The second kappa shape index (κ2) is 4.79. The summed E-state index contributed by atoms with van der Waals surface area (Å²) in [5, 5.41) is 0. The summed E-state index contributed by atoms with van der Waals surface area (Å²) in [5.41, 5.74) is 3.65. The van der Waals surface area contributed by atoms with Crippen LogP contribution in [0.3, 0.4) is 0 Å². The third-order valence-electron chi connectivity index (χ3n) is 2.64. The zero-order chi connectivity index (χ0) is 11.4. The van der Waals surface area contributed by atoms with E-state index in [0.29, 0.717) is 5.88 Å². The predicted octanol–water partition coefficient (Wildman–Crippen LogP) is 3.32. The second-order valence-corrected chi connectivity index (χ2v) is 3.64. The van der Waals surface area contributed by atoms with E-state index < -0.39 is 0 Å². The number of hydrogen-bond donors (Lipinski definition) is 0. The Kier molecular flexibility index (Phi) is 3.20. The number of rotatable bonds is 3. The molecular weight excluding hydrogens is 198 g/mol. The van der Waals surface area contributed by atoms with E-state index >= 15 is 0 Å². The normalized spacial score (nSPS) is 10.1. The topological polar surface area (TPSA) is 22.1 Å². The van der Waals surface area contributed by atoms with Crippen LogP contribution in [-0.2, 0) is 6.42 Å². The quantitative estimate of drug-likeness (QED) is 0.780. The van der Waals surface area contributed by atoms with Gasteiger partial charge in [0.25, 0.3) is 0 Å². The van der Waals surface area contributed by atoms with Crippen LogP contribution >= 0.6 is 0 Å². The van der Waals surface area contributed by atoms with E-state index in [9.17, 15) is 0 Å². The predicted molar refractivity (Wildman–Crippen MR) is 65.6 cm³/mol. The number of nitrogens with zero attached hydrogens (tertiary/aromatic N) is 1. The molecule has 0 saturated carbocycles. The summed E-state index contributed by atoms with van der Waals surface area (Å²) in [7, 11) is 1.62. The van der Waals surface area contributed by atoms with Crippen molar-refractivity contribution in [3.05, 3.63) is 48.2 Å². The Hall–Kier alpha value is -1.83. The average Bonchev–Trinajstić information content (AvgIpc) is 2.39. The molecule has 0 atom stereocenters. The first-order chi connectivity index (χ1) is 7.83. The number of pyridine rings is 1. The summed E-state index contributed by atoms with van der Waals surface area (Å²) < 4.78 is 5.03. The minimum Gasteiger partial charge on any atom is -0.481 e. The highest BCUT2D eigenvalue weighted by Crippen LogP contribution is 2.20. The lowest BCUT2D eigenvalue weighted by Crippen LogP contribution is -1.87. The number of methoxy groups -OCH3 is 1. The molecule has 0 fully saturated rings. The van der Waals surface area contributed by atoms with Crippen LogP contribution in [0, 0.1) is 0 Å². The molecule has 1 heterocycles. The Labute approximate surface area is 95.9 Å². The molecule has 2 nitrogen and oxygen atoms in total. The molecule has 82 valence electrons. The minimum atomic E-state index is 0.647. The van der Waals surface area contributed by atoms with Crippen molar-refractivity contribution >= 4 is 0 Å². The van der Waals surface area contributed by atoms with Gasteiger partial charge in [0.2, 0.25) is 5.88 Å². The minimum absolute atomic E-state index is 0.647. The standard InChI is InChI=1S/C14H15NO/c1-3-11-4-6-12(7-5-11)13-8-9-14(16-2)15-10-13/h4-10H,3H2,1-2H3. The largest absolute Gasteiger partial charge is 0.481 e. The van der Waals surface area contributed by atoms with Gasteiger partial charge < -0.3 is 4.74 Å². The van der Waals surface area contributed by atoms with Crippen LogP contribution in [0.1, 0.15) is 12.5 Å². The molecule has 2 heteroatoms. The van der Waals surface area contributed by atoms with Crippen molar-refractivity contribution in [1.29, 1.82) is 0 Å². The highest BCUT2D eigenvalue weighted by atomic mass is 16.5. The molecule has 1 aromatic carbocycles. The summed E-state index contributed by atoms with van der Waals surface area (Å²) in [6.07, 6.45) is 2.90. The maximum atomic E-state index is 5.03. The number of aromatic nitrogens is 1. The Morgan fingerprint density at radius 3 is 2.19 bits per heavy atom. The summed E-state index contributed by atoms with van der Waals surface area (Å²) >= 11 is 0. The molecule has 0 aliphatic rings. The molecule has 1 aromatic heterocycles. The van der Waals surface area contributed by atoms with Gasteiger partial charge in [0, 0.05) is 17.8 Å². The Balaban J connectivity index is 2.28. The highest BCUT2D eigenvalue weighted by Gasteiger charge is 1.99. The first-order valence-corrected chi connectivity index (χ1v) is 5.43. The Bertz CT molecular complexity index is 400. The van der Waals surface area contributed by atoms with Gasteiger partial charge in [-0.25, -0.2) is 4.98 Å². The van der Waals surface area contributed by atoms with Gasteiger partial charge in [0.15, 0.2) is 0 Å². The van der Waals surface area contributed by atoms with E-state index in [-0.39, 0.29) is 0 Å². The fraction of sp³-hybridized carbons (Fsp3) is 0.214. The molecule has 0 N–H and O–H groups in total. The van der Waals surface area contributed by atoms with Crippen LogP contribution in [0.2, 0.25) is 0 Å². The van der Waals surface area contributed by atoms with E-state index in [1.165, 1.54) is 11.1 Å². The van der Waals surface area contributed by atoms with E-state index in [1.807, 2.05) is 18.3 Å². The fourth-order valence-electron chi connectivity index (χ4n) is 1.60.